The van der Waals surface area contributed by atoms with Crippen LogP contribution in [0, 0.1) is 11.3 Å². The maximum Gasteiger partial charge on any atom is 0.169 e. The molecule has 14 rings (SSSR count). The normalized spacial score (nSPS) is 13.0. The number of hydrogen-bond donors (Lipinski definition) is 0. The first kappa shape index (κ1) is 35.7. The van der Waals surface area contributed by atoms with Gasteiger partial charge in [-0.2, -0.15) is 5.26 Å². The third kappa shape index (κ3) is 4.79. The molecular weight excluding hydrogens is 795 g/mol. The topological polar surface area (TPSA) is 80.5 Å². The van der Waals surface area contributed by atoms with Crippen molar-refractivity contribution in [2.75, 3.05) is 0 Å². The highest BCUT2D eigenvalue weighted by molar-refractivity contribution is 6.18. The number of rotatable bonds is 4. The summed E-state index contributed by atoms with van der Waals surface area (Å²) in [5, 5.41) is 15.4. The van der Waals surface area contributed by atoms with Crippen molar-refractivity contribution in [2.24, 2.45) is 0 Å². The van der Waals surface area contributed by atoms with Crippen LogP contribution in [-0.4, -0.2) is 19.5 Å². The Kier molecular flexibility index (Phi) is 7.29. The van der Waals surface area contributed by atoms with Crippen LogP contribution in [0.5, 0.6) is 0 Å². The molecule has 9 aromatic carbocycles. The first-order valence-corrected chi connectivity index (χ1v) is 21.8. The van der Waals surface area contributed by atoms with E-state index in [4.69, 9.17) is 19.4 Å². The van der Waals surface area contributed by atoms with E-state index in [1.54, 1.807) is 0 Å². The Bertz CT molecular complexity index is 3920. The molecule has 0 radical (unpaired) electrons. The van der Waals surface area contributed by atoms with E-state index in [-0.39, 0.29) is 0 Å². The maximum atomic E-state index is 11.3. The number of benzene rings is 9. The van der Waals surface area contributed by atoms with Crippen LogP contribution in [0.2, 0.25) is 0 Å². The lowest BCUT2D eigenvalue weighted by Crippen LogP contribution is -2.25. The Morgan fingerprint density at radius 3 is 1.60 bits per heavy atom. The second-order valence-corrected chi connectivity index (χ2v) is 16.9. The van der Waals surface area contributed by atoms with E-state index in [1.165, 1.54) is 44.5 Å². The van der Waals surface area contributed by atoms with Crippen LogP contribution in [0.3, 0.4) is 0 Å². The van der Waals surface area contributed by atoms with Crippen LogP contribution in [0.25, 0.3) is 106 Å². The van der Waals surface area contributed by atoms with E-state index in [9.17, 15) is 5.26 Å². The van der Waals surface area contributed by atoms with Crippen molar-refractivity contribution >= 4 is 43.7 Å². The minimum atomic E-state index is -0.528. The number of para-hydroxylation sites is 2. The summed E-state index contributed by atoms with van der Waals surface area (Å²) in [5.41, 5.74) is 16.3. The van der Waals surface area contributed by atoms with Gasteiger partial charge in [-0.1, -0.05) is 170 Å². The van der Waals surface area contributed by atoms with Crippen molar-refractivity contribution in [3.8, 4) is 68.2 Å². The largest absolute Gasteiger partial charge is 0.455 e. The lowest BCUT2D eigenvalue weighted by molar-refractivity contribution is 0.669. The molecule has 12 aromatic rings. The molecule has 1 spiro atoms. The van der Waals surface area contributed by atoms with Crippen molar-refractivity contribution in [1.82, 2.24) is 19.5 Å². The fourth-order valence-electron chi connectivity index (χ4n) is 11.1. The fraction of sp³-hybridized carbons (Fsp3) is 0.0169. The molecule has 0 saturated carbocycles. The van der Waals surface area contributed by atoms with E-state index < -0.39 is 5.41 Å². The van der Waals surface area contributed by atoms with Crippen molar-refractivity contribution < 1.29 is 4.42 Å². The summed E-state index contributed by atoms with van der Waals surface area (Å²) in [6.45, 7) is 0. The average Bonchev–Trinajstić information content (AvgIpc) is 4.09. The standard InChI is InChI=1S/C59H33N5O/c60-34-37-31-51(54-42-25-11-16-30-52(42)65-55(54)53(37)58-62-56(35-17-3-1-4-18-35)61-57(63-58)36-19-5-2-6-20-36)64-49-29-15-10-24-41(49)44-32-43-40-23-9-14-28-47(40)59(48(43)33-50(44)64)45-26-12-7-21-38(45)39-22-8-13-27-46(39)59/h1-33H. The van der Waals surface area contributed by atoms with Gasteiger partial charge in [0.25, 0.3) is 0 Å². The van der Waals surface area contributed by atoms with Gasteiger partial charge in [-0.15, -0.1) is 0 Å². The highest BCUT2D eigenvalue weighted by Gasteiger charge is 2.51. The quantitative estimate of drug-likeness (QED) is 0.176. The highest BCUT2D eigenvalue weighted by atomic mass is 16.3. The number of fused-ring (bicyclic) bond motifs is 16. The maximum absolute atomic E-state index is 11.3. The number of nitrogens with zero attached hydrogens (tertiary/aromatic N) is 5. The minimum Gasteiger partial charge on any atom is -0.455 e. The van der Waals surface area contributed by atoms with Gasteiger partial charge in [0.15, 0.2) is 17.5 Å². The van der Waals surface area contributed by atoms with Crippen molar-refractivity contribution in [1.29, 1.82) is 5.26 Å². The van der Waals surface area contributed by atoms with Gasteiger partial charge >= 0.3 is 0 Å². The predicted octanol–water partition coefficient (Wildman–Crippen LogP) is 14.1. The molecule has 6 nitrogen and oxygen atoms in total. The van der Waals surface area contributed by atoms with E-state index in [0.29, 0.717) is 39.8 Å². The van der Waals surface area contributed by atoms with Gasteiger partial charge < -0.3 is 8.98 Å². The Hall–Kier alpha value is -8.92. The van der Waals surface area contributed by atoms with Crippen LogP contribution < -0.4 is 0 Å². The molecular formula is C59H33N5O. The summed E-state index contributed by atoms with van der Waals surface area (Å²) in [4.78, 5) is 15.2. The molecule has 300 valence electrons. The molecule has 2 aliphatic carbocycles. The Balaban J connectivity index is 1.10. The van der Waals surface area contributed by atoms with Crippen LogP contribution in [-0.2, 0) is 5.41 Å². The molecule has 3 aromatic heterocycles. The summed E-state index contributed by atoms with van der Waals surface area (Å²) in [6, 6.07) is 72.7. The van der Waals surface area contributed by atoms with Crippen LogP contribution in [0.1, 0.15) is 27.8 Å². The van der Waals surface area contributed by atoms with Crippen LogP contribution >= 0.6 is 0 Å². The smallest absolute Gasteiger partial charge is 0.169 e. The molecule has 0 N–H and O–H groups in total. The third-order valence-electron chi connectivity index (χ3n) is 13.7. The van der Waals surface area contributed by atoms with Crippen molar-refractivity contribution in [2.45, 2.75) is 5.41 Å². The van der Waals surface area contributed by atoms with E-state index >= 15 is 0 Å². The fourth-order valence-corrected chi connectivity index (χ4v) is 11.1. The Morgan fingerprint density at radius 2 is 0.969 bits per heavy atom. The number of aromatic nitrogens is 4. The highest BCUT2D eigenvalue weighted by Crippen LogP contribution is 2.63. The average molecular weight is 828 g/mol. The molecule has 2 aliphatic rings. The first-order chi connectivity index (χ1) is 32.2. The molecule has 65 heavy (non-hydrogen) atoms. The van der Waals surface area contributed by atoms with E-state index in [2.05, 4.69) is 126 Å². The first-order valence-electron chi connectivity index (χ1n) is 21.8. The summed E-state index contributed by atoms with van der Waals surface area (Å²) >= 11 is 0. The molecule has 0 fully saturated rings. The number of hydrogen-bond acceptors (Lipinski definition) is 5. The zero-order valence-electron chi connectivity index (χ0n) is 34.7. The molecule has 3 heterocycles. The number of furan rings is 1. The van der Waals surface area contributed by atoms with Crippen LogP contribution in [0.15, 0.2) is 205 Å². The lowest BCUT2D eigenvalue weighted by atomic mass is 9.70. The van der Waals surface area contributed by atoms with Gasteiger partial charge in [0.05, 0.1) is 38.6 Å². The molecule has 0 amide bonds. The Labute approximate surface area is 373 Å². The van der Waals surface area contributed by atoms with Gasteiger partial charge in [-0.25, -0.2) is 15.0 Å². The minimum absolute atomic E-state index is 0.364. The monoisotopic (exact) mass is 827 g/mol. The zero-order valence-corrected chi connectivity index (χ0v) is 34.7. The number of nitriles is 1. The van der Waals surface area contributed by atoms with Crippen LogP contribution in [0.4, 0.5) is 0 Å². The second-order valence-electron chi connectivity index (χ2n) is 16.9. The van der Waals surface area contributed by atoms with Gasteiger partial charge in [0, 0.05) is 27.3 Å². The summed E-state index contributed by atoms with van der Waals surface area (Å²) < 4.78 is 9.29. The second kappa shape index (κ2) is 13.3. The molecule has 0 saturated heterocycles. The molecule has 0 unspecified atom stereocenters. The predicted molar refractivity (Wildman–Crippen MR) is 259 cm³/mol. The van der Waals surface area contributed by atoms with Crippen molar-refractivity contribution in [3.63, 3.8) is 0 Å². The lowest BCUT2D eigenvalue weighted by Gasteiger charge is -2.30. The Morgan fingerprint density at radius 1 is 0.446 bits per heavy atom. The van der Waals surface area contributed by atoms with Gasteiger partial charge in [-0.3, -0.25) is 0 Å². The van der Waals surface area contributed by atoms with Crippen molar-refractivity contribution in [3.05, 3.63) is 228 Å². The van der Waals surface area contributed by atoms with E-state index in [0.717, 1.165) is 49.4 Å². The summed E-state index contributed by atoms with van der Waals surface area (Å²) in [6.07, 6.45) is 0. The van der Waals surface area contributed by atoms with Gasteiger partial charge in [0.2, 0.25) is 0 Å². The summed E-state index contributed by atoms with van der Waals surface area (Å²) in [7, 11) is 0. The third-order valence-corrected chi connectivity index (χ3v) is 13.7. The zero-order chi connectivity index (χ0) is 42.8. The van der Waals surface area contributed by atoms with E-state index in [1.807, 2.05) is 84.9 Å². The molecule has 0 atom stereocenters. The molecule has 6 heteroatoms. The van der Waals surface area contributed by atoms with Gasteiger partial charge in [0.1, 0.15) is 17.2 Å². The molecule has 0 bridgehead atoms. The SMILES string of the molecule is N#Cc1cc(-n2c3ccccc3c3cc4c(cc32)C2(c3ccccc3-c3ccccc32)c2ccccc2-4)c2c(oc3ccccc32)c1-c1nc(-c2ccccc2)nc(-c2ccccc2)n1. The molecule has 0 aliphatic heterocycles. The van der Waals surface area contributed by atoms with Gasteiger partial charge in [-0.05, 0) is 74.8 Å². The summed E-state index contributed by atoms with van der Waals surface area (Å²) in [5.74, 6) is 1.38.